The quantitative estimate of drug-likeness (QED) is 0.804. The second-order valence-corrected chi connectivity index (χ2v) is 5.55. The van der Waals surface area contributed by atoms with Gasteiger partial charge in [0.05, 0.1) is 5.54 Å². The van der Waals surface area contributed by atoms with Crippen LogP contribution >= 0.6 is 0 Å². The van der Waals surface area contributed by atoms with E-state index in [9.17, 15) is 0 Å². The third kappa shape index (κ3) is 2.31. The van der Waals surface area contributed by atoms with Crippen molar-refractivity contribution >= 4 is 0 Å². The van der Waals surface area contributed by atoms with E-state index >= 15 is 0 Å². The smallest absolute Gasteiger partial charge is 0.0919 e. The molecule has 20 heavy (non-hydrogen) atoms. The number of allylic oxidation sites excluding steroid dienone is 3. The standard InChI is InChI=1S/C19H21N/c20-19(16-10-4-1-5-11-16,17-12-6-2-7-13-17)18-14-8-3-9-15-18/h1-2,4-6,8,10-12H,3,7,9,13,15,20H2. The van der Waals surface area contributed by atoms with Crippen LogP contribution < -0.4 is 5.73 Å². The highest BCUT2D eigenvalue weighted by atomic mass is 14.8. The Morgan fingerprint density at radius 1 is 1.05 bits per heavy atom. The Kier molecular flexibility index (Phi) is 3.73. The van der Waals surface area contributed by atoms with Crippen molar-refractivity contribution in [2.75, 3.05) is 0 Å². The molecule has 0 aromatic heterocycles. The molecule has 0 amide bonds. The first kappa shape index (κ1) is 13.2. The fourth-order valence-electron chi connectivity index (χ4n) is 3.15. The van der Waals surface area contributed by atoms with Crippen molar-refractivity contribution in [2.24, 2.45) is 5.73 Å². The molecule has 102 valence electrons. The zero-order valence-corrected chi connectivity index (χ0v) is 11.8. The molecule has 1 aromatic rings. The molecule has 1 atom stereocenters. The molecule has 3 rings (SSSR count). The molecule has 0 bridgehead atoms. The van der Waals surface area contributed by atoms with Crippen LogP contribution in [0.5, 0.6) is 0 Å². The monoisotopic (exact) mass is 263 g/mol. The van der Waals surface area contributed by atoms with Crippen molar-refractivity contribution in [1.29, 1.82) is 0 Å². The Hall–Kier alpha value is -1.82. The third-order valence-electron chi connectivity index (χ3n) is 4.28. The second-order valence-electron chi connectivity index (χ2n) is 5.55. The van der Waals surface area contributed by atoms with Crippen LogP contribution in [0.15, 0.2) is 71.5 Å². The lowest BCUT2D eigenvalue weighted by atomic mass is 9.72. The predicted octanol–water partition coefficient (Wildman–Crippen LogP) is 4.38. The zero-order valence-electron chi connectivity index (χ0n) is 11.8. The summed E-state index contributed by atoms with van der Waals surface area (Å²) in [4.78, 5) is 0. The second kappa shape index (κ2) is 5.66. The Balaban J connectivity index is 2.14. The molecule has 0 heterocycles. The van der Waals surface area contributed by atoms with Gasteiger partial charge in [0.2, 0.25) is 0 Å². The van der Waals surface area contributed by atoms with E-state index in [0.29, 0.717) is 0 Å². The normalized spacial score (nSPS) is 21.1. The predicted molar refractivity (Wildman–Crippen MR) is 84.2 cm³/mol. The maximum Gasteiger partial charge on any atom is 0.0919 e. The lowest BCUT2D eigenvalue weighted by Crippen LogP contribution is -2.41. The molecule has 0 saturated carbocycles. The fourth-order valence-corrected chi connectivity index (χ4v) is 3.15. The summed E-state index contributed by atoms with van der Waals surface area (Å²) >= 11 is 0. The van der Waals surface area contributed by atoms with Gasteiger partial charge in [0, 0.05) is 0 Å². The van der Waals surface area contributed by atoms with Gasteiger partial charge in [0.25, 0.3) is 0 Å². The maximum atomic E-state index is 6.95. The average molecular weight is 263 g/mol. The summed E-state index contributed by atoms with van der Waals surface area (Å²) < 4.78 is 0. The number of benzene rings is 1. The van der Waals surface area contributed by atoms with Gasteiger partial charge in [-0.05, 0) is 54.9 Å². The molecular formula is C19H21N. The largest absolute Gasteiger partial charge is 0.314 e. The van der Waals surface area contributed by atoms with Crippen LogP contribution in [0.25, 0.3) is 0 Å². The van der Waals surface area contributed by atoms with Crippen LogP contribution in [0.2, 0.25) is 0 Å². The fraction of sp³-hybridized carbons (Fsp3) is 0.316. The van der Waals surface area contributed by atoms with Crippen LogP contribution in [-0.4, -0.2) is 0 Å². The minimum absolute atomic E-state index is 0.483. The molecule has 2 N–H and O–H groups in total. The van der Waals surface area contributed by atoms with Gasteiger partial charge < -0.3 is 5.73 Å². The first-order valence-electron chi connectivity index (χ1n) is 7.47. The lowest BCUT2D eigenvalue weighted by molar-refractivity contribution is 0.552. The summed E-state index contributed by atoms with van der Waals surface area (Å²) in [7, 11) is 0. The average Bonchev–Trinajstić information content (AvgIpc) is 2.56. The molecule has 1 aromatic carbocycles. The van der Waals surface area contributed by atoms with Crippen molar-refractivity contribution in [3.8, 4) is 0 Å². The van der Waals surface area contributed by atoms with Crippen molar-refractivity contribution < 1.29 is 0 Å². The van der Waals surface area contributed by atoms with Crippen LogP contribution in [-0.2, 0) is 5.54 Å². The van der Waals surface area contributed by atoms with E-state index in [1.807, 2.05) is 6.07 Å². The van der Waals surface area contributed by atoms with Crippen molar-refractivity contribution in [2.45, 2.75) is 37.6 Å². The highest BCUT2D eigenvalue weighted by Crippen LogP contribution is 2.40. The van der Waals surface area contributed by atoms with E-state index in [2.05, 4.69) is 54.3 Å². The van der Waals surface area contributed by atoms with Crippen LogP contribution in [0, 0.1) is 0 Å². The van der Waals surface area contributed by atoms with Gasteiger partial charge in [-0.2, -0.15) is 0 Å². The molecule has 1 heteroatoms. The maximum absolute atomic E-state index is 6.95. The molecule has 0 spiro atoms. The molecule has 0 fully saturated rings. The summed E-state index contributed by atoms with van der Waals surface area (Å²) in [6.45, 7) is 0. The number of hydrogen-bond acceptors (Lipinski definition) is 1. The van der Waals surface area contributed by atoms with E-state index in [1.54, 1.807) is 0 Å². The first-order valence-corrected chi connectivity index (χ1v) is 7.47. The van der Waals surface area contributed by atoms with E-state index in [1.165, 1.54) is 23.1 Å². The molecule has 0 radical (unpaired) electrons. The highest BCUT2D eigenvalue weighted by Gasteiger charge is 2.35. The zero-order chi connectivity index (χ0) is 13.8. The van der Waals surface area contributed by atoms with Gasteiger partial charge in [-0.3, -0.25) is 0 Å². The van der Waals surface area contributed by atoms with Gasteiger partial charge in [-0.25, -0.2) is 0 Å². The SMILES string of the molecule is NC(C1=C=CCCC1)(C1=CC=CCC1)c1ccccc1. The Bertz CT molecular complexity index is 600. The van der Waals surface area contributed by atoms with Crippen molar-refractivity contribution in [3.63, 3.8) is 0 Å². The summed E-state index contributed by atoms with van der Waals surface area (Å²) in [5.41, 5.74) is 13.6. The Morgan fingerprint density at radius 2 is 1.90 bits per heavy atom. The van der Waals surface area contributed by atoms with Gasteiger partial charge >= 0.3 is 0 Å². The van der Waals surface area contributed by atoms with Gasteiger partial charge in [-0.1, -0.05) is 48.6 Å². The van der Waals surface area contributed by atoms with Gasteiger partial charge in [-0.15, -0.1) is 5.73 Å². The molecule has 2 aliphatic rings. The molecule has 1 nitrogen and oxygen atoms in total. The molecular weight excluding hydrogens is 242 g/mol. The van der Waals surface area contributed by atoms with E-state index in [4.69, 9.17) is 5.73 Å². The molecule has 0 saturated heterocycles. The van der Waals surface area contributed by atoms with E-state index in [-0.39, 0.29) is 0 Å². The summed E-state index contributed by atoms with van der Waals surface area (Å²) in [6, 6.07) is 10.5. The topological polar surface area (TPSA) is 26.0 Å². The minimum Gasteiger partial charge on any atom is -0.314 e. The molecule has 2 aliphatic carbocycles. The molecule has 1 unspecified atom stereocenters. The summed E-state index contributed by atoms with van der Waals surface area (Å²) in [5.74, 6) is 0. The number of nitrogens with two attached hydrogens (primary N) is 1. The van der Waals surface area contributed by atoms with E-state index < -0.39 is 5.54 Å². The van der Waals surface area contributed by atoms with Crippen LogP contribution in [0.1, 0.15) is 37.7 Å². The highest BCUT2D eigenvalue weighted by molar-refractivity contribution is 5.47. The van der Waals surface area contributed by atoms with Gasteiger partial charge in [0.15, 0.2) is 0 Å². The van der Waals surface area contributed by atoms with Crippen LogP contribution in [0.4, 0.5) is 0 Å². The first-order chi connectivity index (χ1) is 9.82. The lowest BCUT2D eigenvalue weighted by Gasteiger charge is -2.36. The third-order valence-corrected chi connectivity index (χ3v) is 4.28. The van der Waals surface area contributed by atoms with Gasteiger partial charge in [0.1, 0.15) is 0 Å². The Labute approximate surface area is 121 Å². The van der Waals surface area contributed by atoms with Crippen LogP contribution in [0.3, 0.4) is 0 Å². The van der Waals surface area contributed by atoms with E-state index in [0.717, 1.165) is 25.7 Å². The summed E-state index contributed by atoms with van der Waals surface area (Å²) in [6.07, 6.45) is 14.1. The Morgan fingerprint density at radius 3 is 2.55 bits per heavy atom. The number of rotatable bonds is 3. The summed E-state index contributed by atoms with van der Waals surface area (Å²) in [5, 5.41) is 0. The number of hydrogen-bond donors (Lipinski definition) is 1. The van der Waals surface area contributed by atoms with Crippen molar-refractivity contribution in [1.82, 2.24) is 0 Å². The molecule has 0 aliphatic heterocycles. The van der Waals surface area contributed by atoms with Crippen molar-refractivity contribution in [3.05, 3.63) is 77.1 Å². The minimum atomic E-state index is -0.483.